The van der Waals surface area contributed by atoms with Crippen molar-refractivity contribution in [3.63, 3.8) is 0 Å². The maximum Gasteiger partial charge on any atom is 0.0297 e. The van der Waals surface area contributed by atoms with Gasteiger partial charge in [0.05, 0.1) is 0 Å². The highest BCUT2D eigenvalue weighted by Gasteiger charge is 2.18. The summed E-state index contributed by atoms with van der Waals surface area (Å²) in [6.07, 6.45) is 4.03. The second-order valence-corrected chi connectivity index (χ2v) is 5.81. The molecule has 1 N–H and O–H groups in total. The minimum absolute atomic E-state index is 0.586. The van der Waals surface area contributed by atoms with Gasteiger partial charge in [-0.25, -0.2) is 0 Å². The summed E-state index contributed by atoms with van der Waals surface area (Å²) in [6.45, 7) is 11.7. The average Bonchev–Trinajstić information content (AvgIpc) is 2.17. The molecule has 0 bridgehead atoms. The monoisotopic (exact) mass is 274 g/mol. The molecule has 88 valence electrons. The summed E-state index contributed by atoms with van der Waals surface area (Å²) in [5.41, 5.74) is 0. The molecular formula is C12H23BrN2. The lowest BCUT2D eigenvalue weighted by atomic mass is 10.0. The van der Waals surface area contributed by atoms with E-state index in [1.54, 1.807) is 0 Å². The van der Waals surface area contributed by atoms with Crippen LogP contribution in [0, 0.1) is 0 Å². The van der Waals surface area contributed by atoms with Crippen LogP contribution in [0.25, 0.3) is 0 Å². The Labute approximate surface area is 102 Å². The molecule has 0 amide bonds. The molecule has 1 heterocycles. The van der Waals surface area contributed by atoms with Gasteiger partial charge in [0.1, 0.15) is 0 Å². The quantitative estimate of drug-likeness (QED) is 0.830. The Morgan fingerprint density at radius 3 is 2.73 bits per heavy atom. The molecule has 1 unspecified atom stereocenters. The van der Waals surface area contributed by atoms with Crippen molar-refractivity contribution in [3.8, 4) is 0 Å². The molecule has 3 heteroatoms. The van der Waals surface area contributed by atoms with Crippen LogP contribution in [0.2, 0.25) is 0 Å². The van der Waals surface area contributed by atoms with E-state index >= 15 is 0 Å². The van der Waals surface area contributed by atoms with Gasteiger partial charge in [-0.1, -0.05) is 28.9 Å². The third kappa shape index (κ3) is 5.14. The van der Waals surface area contributed by atoms with Crippen molar-refractivity contribution in [1.82, 2.24) is 10.2 Å². The molecule has 2 nitrogen and oxygen atoms in total. The lowest BCUT2D eigenvalue weighted by molar-refractivity contribution is 0.202. The summed E-state index contributed by atoms with van der Waals surface area (Å²) >= 11 is 3.45. The lowest BCUT2D eigenvalue weighted by Crippen LogP contribution is -2.46. The van der Waals surface area contributed by atoms with Gasteiger partial charge in [-0.3, -0.25) is 4.90 Å². The van der Waals surface area contributed by atoms with E-state index < -0.39 is 0 Å². The van der Waals surface area contributed by atoms with Crippen LogP contribution in [-0.4, -0.2) is 36.6 Å². The predicted octanol–water partition coefficient (Wildman–Crippen LogP) is 2.75. The van der Waals surface area contributed by atoms with Crippen LogP contribution in [0.4, 0.5) is 0 Å². The molecule has 0 aliphatic carbocycles. The van der Waals surface area contributed by atoms with Gasteiger partial charge in [0.25, 0.3) is 0 Å². The standard InChI is InChI=1S/C12H23BrN2/c1-10(2)15(8-11(3)13)9-12-6-4-5-7-14-12/h10,12,14H,3-9H2,1-2H3. The number of nitrogens with one attached hydrogen (secondary N) is 1. The summed E-state index contributed by atoms with van der Waals surface area (Å²) in [6, 6.07) is 1.26. The van der Waals surface area contributed by atoms with Gasteiger partial charge in [0, 0.05) is 29.7 Å². The van der Waals surface area contributed by atoms with E-state index in [0.29, 0.717) is 12.1 Å². The summed E-state index contributed by atoms with van der Waals surface area (Å²) in [5, 5.41) is 3.59. The van der Waals surface area contributed by atoms with Crippen LogP contribution in [-0.2, 0) is 0 Å². The van der Waals surface area contributed by atoms with E-state index in [4.69, 9.17) is 0 Å². The zero-order valence-corrected chi connectivity index (χ0v) is 11.5. The van der Waals surface area contributed by atoms with E-state index in [-0.39, 0.29) is 0 Å². The molecule has 0 spiro atoms. The largest absolute Gasteiger partial charge is 0.313 e. The van der Waals surface area contributed by atoms with Crippen LogP contribution in [0.5, 0.6) is 0 Å². The van der Waals surface area contributed by atoms with Gasteiger partial charge in [-0.05, 0) is 33.2 Å². The smallest absolute Gasteiger partial charge is 0.0297 e. The highest BCUT2D eigenvalue weighted by molar-refractivity contribution is 9.11. The Kier molecular flexibility index (Phi) is 5.87. The average molecular weight is 275 g/mol. The molecule has 1 aliphatic rings. The van der Waals surface area contributed by atoms with Crippen molar-refractivity contribution >= 4 is 15.9 Å². The lowest BCUT2D eigenvalue weighted by Gasteiger charge is -2.32. The first-order chi connectivity index (χ1) is 7.09. The minimum Gasteiger partial charge on any atom is -0.313 e. The number of hydrogen-bond donors (Lipinski definition) is 1. The van der Waals surface area contributed by atoms with Crippen LogP contribution in [0.3, 0.4) is 0 Å². The molecule has 0 aromatic heterocycles. The normalized spacial score (nSPS) is 22.3. The van der Waals surface area contributed by atoms with E-state index in [1.807, 2.05) is 0 Å². The Balaban J connectivity index is 2.38. The van der Waals surface area contributed by atoms with Crippen LogP contribution in [0.1, 0.15) is 33.1 Å². The third-order valence-corrected chi connectivity index (χ3v) is 3.22. The van der Waals surface area contributed by atoms with Gasteiger partial charge < -0.3 is 5.32 Å². The second-order valence-electron chi connectivity index (χ2n) is 4.69. The van der Waals surface area contributed by atoms with Crippen molar-refractivity contribution < 1.29 is 0 Å². The SMILES string of the molecule is C=C(Br)CN(CC1CCCCN1)C(C)C. The molecule has 0 saturated carbocycles. The maximum atomic E-state index is 3.93. The summed E-state index contributed by atoms with van der Waals surface area (Å²) in [4.78, 5) is 2.47. The molecule has 0 radical (unpaired) electrons. The van der Waals surface area contributed by atoms with Gasteiger partial charge in [-0.2, -0.15) is 0 Å². The number of nitrogens with zero attached hydrogens (tertiary/aromatic N) is 1. The summed E-state index contributed by atoms with van der Waals surface area (Å²) in [5.74, 6) is 0. The number of rotatable bonds is 5. The highest BCUT2D eigenvalue weighted by Crippen LogP contribution is 2.13. The molecule has 1 rings (SSSR count). The molecule has 0 aromatic rings. The fourth-order valence-corrected chi connectivity index (χ4v) is 2.36. The number of halogens is 1. The van der Waals surface area contributed by atoms with E-state index in [2.05, 4.69) is 46.6 Å². The van der Waals surface area contributed by atoms with Gasteiger partial charge >= 0.3 is 0 Å². The van der Waals surface area contributed by atoms with Crippen molar-refractivity contribution in [2.24, 2.45) is 0 Å². The molecule has 1 aliphatic heterocycles. The van der Waals surface area contributed by atoms with Gasteiger partial charge in [0.2, 0.25) is 0 Å². The summed E-state index contributed by atoms with van der Waals surface area (Å²) < 4.78 is 1.08. The van der Waals surface area contributed by atoms with Crippen LogP contribution < -0.4 is 5.32 Å². The number of hydrogen-bond acceptors (Lipinski definition) is 2. The van der Waals surface area contributed by atoms with Gasteiger partial charge in [0.15, 0.2) is 0 Å². The summed E-state index contributed by atoms with van der Waals surface area (Å²) in [7, 11) is 0. The van der Waals surface area contributed by atoms with E-state index in [9.17, 15) is 0 Å². The van der Waals surface area contributed by atoms with E-state index in [1.165, 1.54) is 25.8 Å². The Hall–Kier alpha value is 0.140. The molecule has 1 saturated heterocycles. The maximum absolute atomic E-state index is 3.93. The minimum atomic E-state index is 0.586. The van der Waals surface area contributed by atoms with Crippen molar-refractivity contribution in [2.75, 3.05) is 19.6 Å². The molecular weight excluding hydrogens is 252 g/mol. The topological polar surface area (TPSA) is 15.3 Å². The van der Waals surface area contributed by atoms with Crippen LogP contribution in [0.15, 0.2) is 11.1 Å². The first-order valence-electron chi connectivity index (χ1n) is 5.90. The van der Waals surface area contributed by atoms with Crippen molar-refractivity contribution in [1.29, 1.82) is 0 Å². The fraction of sp³-hybridized carbons (Fsp3) is 0.833. The second kappa shape index (κ2) is 6.66. The zero-order valence-electron chi connectivity index (χ0n) is 9.93. The number of piperidine rings is 1. The highest BCUT2D eigenvalue weighted by atomic mass is 79.9. The van der Waals surface area contributed by atoms with Crippen molar-refractivity contribution in [2.45, 2.75) is 45.2 Å². The van der Waals surface area contributed by atoms with Crippen LogP contribution >= 0.6 is 15.9 Å². The Bertz CT molecular complexity index is 198. The molecule has 0 aromatic carbocycles. The predicted molar refractivity (Wildman–Crippen MR) is 70.4 cm³/mol. The van der Waals surface area contributed by atoms with Gasteiger partial charge in [-0.15, -0.1) is 0 Å². The molecule has 1 atom stereocenters. The first kappa shape index (κ1) is 13.2. The molecule has 1 fully saturated rings. The zero-order chi connectivity index (χ0) is 11.3. The Morgan fingerprint density at radius 1 is 1.53 bits per heavy atom. The Morgan fingerprint density at radius 2 is 2.27 bits per heavy atom. The van der Waals surface area contributed by atoms with E-state index in [0.717, 1.165) is 17.6 Å². The fourth-order valence-electron chi connectivity index (χ4n) is 2.04. The van der Waals surface area contributed by atoms with Crippen molar-refractivity contribution in [3.05, 3.63) is 11.1 Å². The first-order valence-corrected chi connectivity index (χ1v) is 6.69. The molecule has 15 heavy (non-hydrogen) atoms. The third-order valence-electron chi connectivity index (χ3n) is 2.97.